The molecular formula is C34H30BNO2. The largest absolute Gasteiger partial charge is 0.494 e. The minimum atomic E-state index is -0.400. The highest BCUT2D eigenvalue weighted by Crippen LogP contribution is 2.39. The van der Waals surface area contributed by atoms with Crippen LogP contribution >= 0.6 is 0 Å². The van der Waals surface area contributed by atoms with E-state index in [4.69, 9.17) is 9.31 Å². The number of hydrogen-bond donors (Lipinski definition) is 0. The first-order chi connectivity index (χ1) is 18.3. The number of rotatable bonds is 3. The molecule has 1 aliphatic heterocycles. The molecule has 1 fully saturated rings. The third-order valence-corrected chi connectivity index (χ3v) is 8.44. The fourth-order valence-corrected chi connectivity index (χ4v) is 5.65. The molecule has 0 radical (unpaired) electrons. The number of hydrogen-bond acceptors (Lipinski definition) is 2. The third-order valence-electron chi connectivity index (χ3n) is 8.44. The smallest absolute Gasteiger partial charge is 0.399 e. The highest BCUT2D eigenvalue weighted by Gasteiger charge is 2.51. The summed E-state index contributed by atoms with van der Waals surface area (Å²) in [6, 6.07) is 39.1. The Bertz CT molecular complexity index is 1800. The quantitative estimate of drug-likeness (QED) is 0.233. The Morgan fingerprint density at radius 2 is 1.21 bits per heavy atom. The maximum atomic E-state index is 6.42. The summed E-state index contributed by atoms with van der Waals surface area (Å²) in [4.78, 5) is 0. The minimum Gasteiger partial charge on any atom is -0.399 e. The number of benzene rings is 5. The van der Waals surface area contributed by atoms with Crippen molar-refractivity contribution in [2.24, 2.45) is 0 Å². The number of nitrogens with zero attached hydrogens (tertiary/aromatic N) is 1. The fraction of sp³-hybridized carbons (Fsp3) is 0.176. The molecule has 7 rings (SSSR count). The Labute approximate surface area is 223 Å². The van der Waals surface area contributed by atoms with Gasteiger partial charge in [0.25, 0.3) is 0 Å². The van der Waals surface area contributed by atoms with Crippen LogP contribution in [-0.2, 0) is 9.31 Å². The van der Waals surface area contributed by atoms with Crippen molar-refractivity contribution in [1.82, 2.24) is 4.57 Å². The van der Waals surface area contributed by atoms with Crippen molar-refractivity contribution in [2.45, 2.75) is 38.9 Å². The predicted octanol–water partition coefficient (Wildman–Crippen LogP) is 7.90. The summed E-state index contributed by atoms with van der Waals surface area (Å²) < 4.78 is 15.2. The van der Waals surface area contributed by atoms with Crippen LogP contribution in [0.2, 0.25) is 0 Å². The Hall–Kier alpha value is -3.86. The van der Waals surface area contributed by atoms with Crippen LogP contribution in [0.4, 0.5) is 0 Å². The fourth-order valence-electron chi connectivity index (χ4n) is 5.65. The molecule has 3 nitrogen and oxygen atoms in total. The molecule has 1 aromatic heterocycles. The molecule has 0 unspecified atom stereocenters. The van der Waals surface area contributed by atoms with E-state index in [0.29, 0.717) is 0 Å². The van der Waals surface area contributed by atoms with Crippen LogP contribution in [0.3, 0.4) is 0 Å². The maximum Gasteiger partial charge on any atom is 0.494 e. The first-order valence-electron chi connectivity index (χ1n) is 13.3. The molecule has 0 bridgehead atoms. The molecule has 2 heterocycles. The Morgan fingerprint density at radius 1 is 0.579 bits per heavy atom. The van der Waals surface area contributed by atoms with Gasteiger partial charge in [-0.05, 0) is 79.3 Å². The van der Waals surface area contributed by atoms with Crippen molar-refractivity contribution in [3.8, 4) is 16.8 Å². The van der Waals surface area contributed by atoms with Gasteiger partial charge in [0.1, 0.15) is 0 Å². The van der Waals surface area contributed by atoms with Gasteiger partial charge < -0.3 is 13.9 Å². The second-order valence-corrected chi connectivity index (χ2v) is 11.3. The molecule has 38 heavy (non-hydrogen) atoms. The van der Waals surface area contributed by atoms with Crippen LogP contribution in [0.25, 0.3) is 49.4 Å². The zero-order chi connectivity index (χ0) is 26.1. The standard InChI is InChI=1S/C34H30BNO2/c1-33(2)34(3,4)38-35(37-33)26-17-21-30-29(22-26)32-28-13-9-8-12-25(28)16-20-31(32)36(30)27-18-14-24(15-19-27)23-10-6-5-7-11-23/h5-22H,1-4H3. The Kier molecular flexibility index (Phi) is 5.10. The summed E-state index contributed by atoms with van der Waals surface area (Å²) in [5, 5.41) is 4.94. The lowest BCUT2D eigenvalue weighted by Gasteiger charge is -2.32. The highest BCUT2D eigenvalue weighted by atomic mass is 16.7. The average molecular weight is 495 g/mol. The highest BCUT2D eigenvalue weighted by molar-refractivity contribution is 6.62. The van der Waals surface area contributed by atoms with E-state index in [1.807, 2.05) is 0 Å². The summed E-state index contributed by atoms with van der Waals surface area (Å²) in [7, 11) is -0.400. The van der Waals surface area contributed by atoms with Crippen LogP contribution in [0.1, 0.15) is 27.7 Å². The molecule has 6 aromatic rings. The lowest BCUT2D eigenvalue weighted by atomic mass is 9.78. The van der Waals surface area contributed by atoms with Crippen molar-refractivity contribution < 1.29 is 9.31 Å². The summed E-state index contributed by atoms with van der Waals surface area (Å²) in [5.41, 5.74) is 6.22. The van der Waals surface area contributed by atoms with E-state index in [1.54, 1.807) is 0 Å². The lowest BCUT2D eigenvalue weighted by molar-refractivity contribution is 0.00578. The second kappa shape index (κ2) is 8.32. The van der Waals surface area contributed by atoms with E-state index in [0.717, 1.165) is 11.2 Å². The van der Waals surface area contributed by atoms with Crippen molar-refractivity contribution >= 4 is 45.2 Å². The van der Waals surface area contributed by atoms with Crippen molar-refractivity contribution in [3.63, 3.8) is 0 Å². The van der Waals surface area contributed by atoms with Gasteiger partial charge in [0.05, 0.1) is 22.2 Å². The van der Waals surface area contributed by atoms with Gasteiger partial charge >= 0.3 is 7.12 Å². The van der Waals surface area contributed by atoms with E-state index in [2.05, 4.69) is 141 Å². The average Bonchev–Trinajstić information content (AvgIpc) is 3.38. The molecule has 0 aliphatic carbocycles. The molecule has 5 aromatic carbocycles. The molecule has 1 saturated heterocycles. The molecule has 0 saturated carbocycles. The van der Waals surface area contributed by atoms with Crippen LogP contribution in [0.15, 0.2) is 109 Å². The summed E-state index contributed by atoms with van der Waals surface area (Å²) in [5.74, 6) is 0. The van der Waals surface area contributed by atoms with E-state index in [9.17, 15) is 0 Å². The second-order valence-electron chi connectivity index (χ2n) is 11.3. The van der Waals surface area contributed by atoms with Crippen LogP contribution in [0.5, 0.6) is 0 Å². The molecule has 1 aliphatic rings. The first-order valence-corrected chi connectivity index (χ1v) is 13.3. The summed E-state index contributed by atoms with van der Waals surface area (Å²) in [6.45, 7) is 8.40. The number of aromatic nitrogens is 1. The van der Waals surface area contributed by atoms with E-state index in [1.165, 1.54) is 43.7 Å². The zero-order valence-corrected chi connectivity index (χ0v) is 22.2. The first kappa shape index (κ1) is 23.3. The SMILES string of the molecule is CC1(C)OB(c2ccc3c(c2)c2c4ccccc4ccc2n3-c2ccc(-c3ccccc3)cc2)OC1(C)C. The van der Waals surface area contributed by atoms with E-state index >= 15 is 0 Å². The topological polar surface area (TPSA) is 23.4 Å². The van der Waals surface area contributed by atoms with Gasteiger partial charge in [0.15, 0.2) is 0 Å². The molecule has 0 N–H and O–H groups in total. The monoisotopic (exact) mass is 495 g/mol. The molecular weight excluding hydrogens is 465 g/mol. The van der Waals surface area contributed by atoms with Crippen LogP contribution in [-0.4, -0.2) is 22.9 Å². The van der Waals surface area contributed by atoms with Gasteiger partial charge in [-0.25, -0.2) is 0 Å². The predicted molar refractivity (Wildman–Crippen MR) is 159 cm³/mol. The van der Waals surface area contributed by atoms with Crippen molar-refractivity contribution in [2.75, 3.05) is 0 Å². The van der Waals surface area contributed by atoms with Gasteiger partial charge in [-0.1, -0.05) is 84.9 Å². The van der Waals surface area contributed by atoms with Crippen molar-refractivity contribution in [3.05, 3.63) is 109 Å². The maximum absolute atomic E-state index is 6.42. The zero-order valence-electron chi connectivity index (χ0n) is 22.2. The van der Waals surface area contributed by atoms with Gasteiger partial charge in [0.2, 0.25) is 0 Å². The molecule has 4 heteroatoms. The summed E-state index contributed by atoms with van der Waals surface area (Å²) in [6.07, 6.45) is 0. The molecule has 0 atom stereocenters. The number of fused-ring (bicyclic) bond motifs is 5. The van der Waals surface area contributed by atoms with Gasteiger partial charge in [-0.2, -0.15) is 0 Å². The Balaban J connectivity index is 1.44. The van der Waals surface area contributed by atoms with E-state index < -0.39 is 7.12 Å². The molecule has 0 amide bonds. The normalized spacial score (nSPS) is 16.6. The van der Waals surface area contributed by atoms with Crippen molar-refractivity contribution in [1.29, 1.82) is 0 Å². The van der Waals surface area contributed by atoms with Crippen LogP contribution in [0, 0.1) is 0 Å². The molecule has 186 valence electrons. The third kappa shape index (κ3) is 3.52. The summed E-state index contributed by atoms with van der Waals surface area (Å²) >= 11 is 0. The lowest BCUT2D eigenvalue weighted by Crippen LogP contribution is -2.41. The van der Waals surface area contributed by atoms with Gasteiger partial charge in [0, 0.05) is 16.5 Å². The molecule has 0 spiro atoms. The Morgan fingerprint density at radius 3 is 1.95 bits per heavy atom. The van der Waals surface area contributed by atoms with Gasteiger partial charge in [-0.15, -0.1) is 0 Å². The van der Waals surface area contributed by atoms with Gasteiger partial charge in [-0.3, -0.25) is 0 Å². The van der Waals surface area contributed by atoms with Crippen LogP contribution < -0.4 is 5.46 Å². The van der Waals surface area contributed by atoms with E-state index in [-0.39, 0.29) is 11.2 Å². The minimum absolute atomic E-state index is 0.381.